The van der Waals surface area contributed by atoms with Crippen LogP contribution < -0.4 is 4.65 Å². The van der Waals surface area contributed by atoms with Crippen LogP contribution in [0.25, 0.3) is 0 Å². The van der Waals surface area contributed by atoms with Gasteiger partial charge in [0, 0.05) is 6.07 Å². The fourth-order valence-corrected chi connectivity index (χ4v) is 2.05. The lowest BCUT2D eigenvalue weighted by atomic mass is 10.1. The van der Waals surface area contributed by atoms with Gasteiger partial charge in [0.25, 0.3) is 0 Å². The highest BCUT2D eigenvalue weighted by Crippen LogP contribution is 2.29. The highest BCUT2D eigenvalue weighted by atomic mass is 19.1. The smallest absolute Gasteiger partial charge is 0.184 e. The topological polar surface area (TPSA) is 23.1 Å². The van der Waals surface area contributed by atoms with Gasteiger partial charge in [0.05, 0.1) is 13.1 Å². The Hall–Kier alpha value is -0.930. The second-order valence-corrected chi connectivity index (χ2v) is 3.85. The van der Waals surface area contributed by atoms with Crippen molar-refractivity contribution in [1.29, 1.82) is 0 Å². The van der Waals surface area contributed by atoms with E-state index >= 15 is 0 Å². The van der Waals surface area contributed by atoms with E-state index in [1.807, 2.05) is 0 Å². The fraction of sp³-hybridized carbons (Fsp3) is 0.455. The summed E-state index contributed by atoms with van der Waals surface area (Å²) in [5.74, 6) is -0.371. The molecule has 1 aliphatic rings. The number of hydrogen-bond donors (Lipinski definition) is 0. The molecule has 3 heteroatoms. The largest absolute Gasteiger partial charge is 0.627 e. The monoisotopic (exact) mass is 195 g/mol. The molecule has 1 fully saturated rings. The van der Waals surface area contributed by atoms with Gasteiger partial charge in [0.2, 0.25) is 0 Å². The van der Waals surface area contributed by atoms with Gasteiger partial charge >= 0.3 is 0 Å². The van der Waals surface area contributed by atoms with Gasteiger partial charge in [-0.1, -0.05) is 12.1 Å². The van der Waals surface area contributed by atoms with Crippen LogP contribution in [0, 0.1) is 11.0 Å². The van der Waals surface area contributed by atoms with Gasteiger partial charge in [-0.25, -0.2) is 4.39 Å². The highest BCUT2D eigenvalue weighted by molar-refractivity contribution is 5.45. The molecule has 0 aromatic heterocycles. The molecule has 1 aromatic carbocycles. The predicted molar refractivity (Wildman–Crippen MR) is 55.1 cm³/mol. The quantitative estimate of drug-likeness (QED) is 0.499. The fourth-order valence-electron chi connectivity index (χ4n) is 2.05. The molecule has 2 nitrogen and oxygen atoms in total. The maximum absolute atomic E-state index is 13.4. The summed E-state index contributed by atoms with van der Waals surface area (Å²) in [6.45, 7) is 1.03. The standard InChI is InChI=1S/C11H14FNO/c12-10-6-2-3-7-11(10)13(14)8-4-1-5-9-13/h2-3,6-7H,1,4-5,8-9H2. The number of rotatable bonds is 1. The van der Waals surface area contributed by atoms with E-state index < -0.39 is 4.65 Å². The van der Waals surface area contributed by atoms with E-state index in [0.29, 0.717) is 18.8 Å². The minimum absolute atomic E-state index is 0.298. The Kier molecular flexibility index (Phi) is 2.52. The number of benzene rings is 1. The maximum atomic E-state index is 13.4. The average Bonchev–Trinajstić information content (AvgIpc) is 2.19. The van der Waals surface area contributed by atoms with Gasteiger partial charge in [0.1, 0.15) is 0 Å². The zero-order chi connectivity index (χ0) is 10.0. The molecule has 14 heavy (non-hydrogen) atoms. The lowest BCUT2D eigenvalue weighted by molar-refractivity contribution is 0.299. The van der Waals surface area contributed by atoms with Crippen molar-refractivity contribution < 1.29 is 4.39 Å². The first kappa shape index (κ1) is 9.62. The first-order valence-electron chi connectivity index (χ1n) is 5.05. The van der Waals surface area contributed by atoms with Crippen LogP contribution in [0.1, 0.15) is 19.3 Å². The summed E-state index contributed by atoms with van der Waals surface area (Å²) >= 11 is 0. The second-order valence-electron chi connectivity index (χ2n) is 3.85. The number of nitrogens with zero attached hydrogens (tertiary/aromatic N) is 1. The van der Waals surface area contributed by atoms with Crippen LogP contribution in [0.15, 0.2) is 24.3 Å². The normalized spacial score (nSPS) is 20.7. The minimum atomic E-state index is -0.479. The van der Waals surface area contributed by atoms with Crippen molar-refractivity contribution in [3.8, 4) is 0 Å². The highest BCUT2D eigenvalue weighted by Gasteiger charge is 2.26. The van der Waals surface area contributed by atoms with Crippen LogP contribution in [0.4, 0.5) is 10.1 Å². The van der Waals surface area contributed by atoms with Gasteiger partial charge < -0.3 is 9.85 Å². The lowest BCUT2D eigenvalue weighted by Crippen LogP contribution is -2.47. The van der Waals surface area contributed by atoms with Crippen molar-refractivity contribution in [3.63, 3.8) is 0 Å². The van der Waals surface area contributed by atoms with Gasteiger partial charge in [-0.15, -0.1) is 0 Å². The molecular formula is C11H14FNO. The van der Waals surface area contributed by atoms with Gasteiger partial charge in [-0.05, 0) is 25.3 Å². The number of hydrogen-bond acceptors (Lipinski definition) is 1. The molecule has 1 saturated heterocycles. The molecule has 1 heterocycles. The number of hydroxylamine groups is 2. The molecule has 0 radical (unpaired) electrons. The lowest BCUT2D eigenvalue weighted by Gasteiger charge is -2.44. The molecule has 0 N–H and O–H groups in total. The average molecular weight is 195 g/mol. The molecule has 1 aromatic rings. The Balaban J connectivity index is 2.32. The predicted octanol–water partition coefficient (Wildman–Crippen LogP) is 2.81. The molecule has 0 atom stereocenters. The third-order valence-electron chi connectivity index (χ3n) is 2.83. The van der Waals surface area contributed by atoms with E-state index in [-0.39, 0.29) is 5.82 Å². The molecule has 0 amide bonds. The van der Waals surface area contributed by atoms with Crippen LogP contribution in [-0.2, 0) is 0 Å². The van der Waals surface area contributed by atoms with Crippen molar-refractivity contribution in [2.24, 2.45) is 0 Å². The van der Waals surface area contributed by atoms with Crippen molar-refractivity contribution in [2.45, 2.75) is 19.3 Å². The van der Waals surface area contributed by atoms with Crippen LogP contribution >= 0.6 is 0 Å². The molecular weight excluding hydrogens is 181 g/mol. The third-order valence-corrected chi connectivity index (χ3v) is 2.83. The molecule has 76 valence electrons. The van der Waals surface area contributed by atoms with Gasteiger partial charge in [-0.3, -0.25) is 0 Å². The van der Waals surface area contributed by atoms with Crippen LogP contribution in [0.5, 0.6) is 0 Å². The number of halogens is 1. The summed E-state index contributed by atoms with van der Waals surface area (Å²) in [5.41, 5.74) is 0.298. The first-order chi connectivity index (χ1) is 6.72. The molecule has 1 aliphatic heterocycles. The van der Waals surface area contributed by atoms with E-state index in [2.05, 4.69) is 0 Å². The maximum Gasteiger partial charge on any atom is 0.184 e. The Morgan fingerprint density at radius 2 is 1.71 bits per heavy atom. The summed E-state index contributed by atoms with van der Waals surface area (Å²) in [6, 6.07) is 6.31. The summed E-state index contributed by atoms with van der Waals surface area (Å²) in [6.07, 6.45) is 2.90. The number of quaternary nitrogens is 1. The van der Waals surface area contributed by atoms with E-state index in [1.165, 1.54) is 6.07 Å². The van der Waals surface area contributed by atoms with E-state index in [1.54, 1.807) is 18.2 Å². The van der Waals surface area contributed by atoms with E-state index in [0.717, 1.165) is 19.3 Å². The van der Waals surface area contributed by atoms with Gasteiger partial charge in [-0.2, -0.15) is 0 Å². The molecule has 0 aliphatic carbocycles. The first-order valence-corrected chi connectivity index (χ1v) is 5.05. The van der Waals surface area contributed by atoms with Crippen LogP contribution in [0.2, 0.25) is 0 Å². The minimum Gasteiger partial charge on any atom is -0.627 e. The van der Waals surface area contributed by atoms with Crippen molar-refractivity contribution in [1.82, 2.24) is 4.65 Å². The molecule has 0 bridgehead atoms. The number of piperidine rings is 1. The van der Waals surface area contributed by atoms with E-state index in [4.69, 9.17) is 0 Å². The Morgan fingerprint density at radius 3 is 2.36 bits per heavy atom. The van der Waals surface area contributed by atoms with Crippen molar-refractivity contribution in [3.05, 3.63) is 35.3 Å². The number of para-hydroxylation sites is 1. The molecule has 2 rings (SSSR count). The summed E-state index contributed by atoms with van der Waals surface area (Å²) in [7, 11) is 0. The zero-order valence-corrected chi connectivity index (χ0v) is 8.08. The van der Waals surface area contributed by atoms with E-state index in [9.17, 15) is 9.60 Å². The summed E-state index contributed by atoms with van der Waals surface area (Å²) < 4.78 is 12.9. The zero-order valence-electron chi connectivity index (χ0n) is 8.08. The third kappa shape index (κ3) is 1.65. The molecule has 0 saturated carbocycles. The summed E-state index contributed by atoms with van der Waals surface area (Å²) in [5, 5.41) is 12.2. The molecule has 0 spiro atoms. The van der Waals surface area contributed by atoms with Crippen molar-refractivity contribution in [2.75, 3.05) is 13.1 Å². The SMILES string of the molecule is [O-][N+]1(c2ccccc2F)CCCCC1. The second kappa shape index (κ2) is 3.67. The van der Waals surface area contributed by atoms with Crippen LogP contribution in [-0.4, -0.2) is 13.1 Å². The summed E-state index contributed by atoms with van der Waals surface area (Å²) in [4.78, 5) is 0. The molecule has 0 unspecified atom stereocenters. The Bertz CT molecular complexity index is 321. The Labute approximate surface area is 83.1 Å². The van der Waals surface area contributed by atoms with Gasteiger partial charge in [0.15, 0.2) is 11.5 Å². The van der Waals surface area contributed by atoms with Crippen molar-refractivity contribution >= 4 is 5.69 Å². The van der Waals surface area contributed by atoms with Crippen LogP contribution in [0.3, 0.4) is 0 Å². The Morgan fingerprint density at radius 1 is 1.07 bits per heavy atom.